The van der Waals surface area contributed by atoms with Crippen LogP contribution in [-0.4, -0.2) is 86.9 Å². The number of morpholine rings is 1. The largest absolute Gasteiger partial charge is 0.497 e. The third-order valence-electron chi connectivity index (χ3n) is 7.13. The molecule has 1 saturated heterocycles. The second kappa shape index (κ2) is 13.1. The van der Waals surface area contributed by atoms with Gasteiger partial charge in [-0.15, -0.1) is 0 Å². The summed E-state index contributed by atoms with van der Waals surface area (Å²) >= 11 is 0. The van der Waals surface area contributed by atoms with Crippen LogP contribution < -0.4 is 9.47 Å². The van der Waals surface area contributed by atoms with E-state index in [0.29, 0.717) is 22.6 Å². The van der Waals surface area contributed by atoms with Gasteiger partial charge in [0.1, 0.15) is 11.5 Å². The number of carbonyl (C=O) groups is 2. The number of hydrogen-bond acceptors (Lipinski definition) is 9. The van der Waals surface area contributed by atoms with E-state index >= 15 is 4.39 Å². The van der Waals surface area contributed by atoms with Crippen molar-refractivity contribution >= 4 is 21.9 Å². The highest BCUT2D eigenvalue weighted by Crippen LogP contribution is 2.30. The standard InChI is InChI=1S/C29H35FN4O8S/c1-29(2,28(36)41-5)34-25(27(35)32-14-16-42-17-15-32)24(30)26(31-34)43(37,38)33(18-20-6-10-22(39-3)11-7-20)19-21-8-12-23(40-4)13-9-21/h6-13H,14-19H2,1-5H3. The zero-order valence-corrected chi connectivity index (χ0v) is 25.5. The number of esters is 1. The minimum atomic E-state index is -4.70. The van der Waals surface area contributed by atoms with Gasteiger partial charge in [-0.1, -0.05) is 24.3 Å². The molecule has 1 aromatic heterocycles. The molecule has 1 fully saturated rings. The maximum atomic E-state index is 16.4. The molecule has 2 heterocycles. The first-order valence-electron chi connectivity index (χ1n) is 13.4. The smallest absolute Gasteiger partial charge is 0.333 e. The number of sulfonamides is 1. The van der Waals surface area contributed by atoms with E-state index in [0.717, 1.165) is 16.1 Å². The summed E-state index contributed by atoms with van der Waals surface area (Å²) in [5.74, 6) is -1.86. The second-order valence-corrected chi connectivity index (χ2v) is 12.2. The lowest BCUT2D eigenvalue weighted by atomic mass is 10.1. The molecule has 2 aromatic carbocycles. The molecule has 12 nitrogen and oxygen atoms in total. The van der Waals surface area contributed by atoms with Crippen LogP contribution in [0, 0.1) is 5.82 Å². The maximum absolute atomic E-state index is 16.4. The summed E-state index contributed by atoms with van der Waals surface area (Å²) in [6.45, 7) is 3.19. The zero-order valence-electron chi connectivity index (χ0n) is 24.7. The van der Waals surface area contributed by atoms with Crippen molar-refractivity contribution in [2.75, 3.05) is 47.6 Å². The molecule has 0 atom stereocenters. The predicted molar refractivity (Wildman–Crippen MR) is 153 cm³/mol. The van der Waals surface area contributed by atoms with E-state index in [1.54, 1.807) is 48.5 Å². The Bertz CT molecular complexity index is 1500. The van der Waals surface area contributed by atoms with Gasteiger partial charge in [0.15, 0.2) is 17.1 Å². The predicted octanol–water partition coefficient (Wildman–Crippen LogP) is 2.81. The molecule has 1 aliphatic rings. The molecule has 3 aromatic rings. The highest BCUT2D eigenvalue weighted by molar-refractivity contribution is 7.89. The number of hydrogen-bond donors (Lipinski definition) is 0. The third kappa shape index (κ3) is 6.65. The van der Waals surface area contributed by atoms with Gasteiger partial charge < -0.3 is 23.8 Å². The normalized spacial score (nSPS) is 14.1. The molecular weight excluding hydrogens is 583 g/mol. The van der Waals surface area contributed by atoms with Crippen molar-refractivity contribution in [2.24, 2.45) is 0 Å². The third-order valence-corrected chi connectivity index (χ3v) is 8.82. The van der Waals surface area contributed by atoms with Gasteiger partial charge in [0.05, 0.1) is 34.5 Å². The first kappa shape index (κ1) is 31.9. The molecule has 0 unspecified atom stereocenters. The number of aromatic nitrogens is 2. The zero-order chi connectivity index (χ0) is 31.4. The van der Waals surface area contributed by atoms with Crippen molar-refractivity contribution in [2.45, 2.75) is 37.5 Å². The Balaban J connectivity index is 1.84. The Morgan fingerprint density at radius 2 is 1.42 bits per heavy atom. The van der Waals surface area contributed by atoms with Gasteiger partial charge in [-0.3, -0.25) is 4.79 Å². The number of amides is 1. The molecule has 1 amide bonds. The quantitative estimate of drug-likeness (QED) is 0.298. The van der Waals surface area contributed by atoms with Crippen molar-refractivity contribution in [3.05, 3.63) is 71.2 Å². The van der Waals surface area contributed by atoms with E-state index in [4.69, 9.17) is 18.9 Å². The van der Waals surface area contributed by atoms with E-state index in [9.17, 15) is 18.0 Å². The molecule has 0 radical (unpaired) electrons. The van der Waals surface area contributed by atoms with Crippen molar-refractivity contribution < 1.29 is 41.3 Å². The summed E-state index contributed by atoms with van der Waals surface area (Å²) < 4.78 is 67.3. The lowest BCUT2D eigenvalue weighted by Gasteiger charge is -2.29. The topological polar surface area (TPSA) is 130 Å². The molecule has 1 aliphatic heterocycles. The lowest BCUT2D eigenvalue weighted by Crippen LogP contribution is -2.45. The number of halogens is 1. The van der Waals surface area contributed by atoms with Crippen LogP contribution in [0.15, 0.2) is 53.6 Å². The van der Waals surface area contributed by atoms with E-state index in [2.05, 4.69) is 5.10 Å². The Labute approximate surface area is 249 Å². The first-order valence-corrected chi connectivity index (χ1v) is 14.9. The van der Waals surface area contributed by atoms with Crippen LogP contribution in [-0.2, 0) is 42.9 Å². The highest BCUT2D eigenvalue weighted by atomic mass is 32.2. The fourth-order valence-electron chi connectivity index (χ4n) is 4.60. The van der Waals surface area contributed by atoms with Crippen LogP contribution in [0.2, 0.25) is 0 Å². The van der Waals surface area contributed by atoms with Gasteiger partial charge in [0.25, 0.3) is 15.9 Å². The number of carbonyl (C=O) groups excluding carboxylic acids is 2. The van der Waals surface area contributed by atoms with Gasteiger partial charge in [-0.2, -0.15) is 9.40 Å². The number of nitrogens with zero attached hydrogens (tertiary/aromatic N) is 4. The average molecular weight is 619 g/mol. The minimum absolute atomic E-state index is 0.155. The molecular formula is C29H35FN4O8S. The highest BCUT2D eigenvalue weighted by Gasteiger charge is 2.43. The number of methoxy groups -OCH3 is 3. The number of benzene rings is 2. The van der Waals surface area contributed by atoms with E-state index < -0.39 is 44.0 Å². The van der Waals surface area contributed by atoms with Crippen molar-refractivity contribution in [3.63, 3.8) is 0 Å². The summed E-state index contributed by atoms with van der Waals surface area (Å²) in [6.07, 6.45) is 0. The second-order valence-electron chi connectivity index (χ2n) is 10.3. The van der Waals surface area contributed by atoms with Gasteiger partial charge >= 0.3 is 5.97 Å². The molecule has 0 saturated carbocycles. The fourth-order valence-corrected chi connectivity index (χ4v) is 5.99. The Morgan fingerprint density at radius 3 is 1.86 bits per heavy atom. The molecule has 232 valence electrons. The van der Waals surface area contributed by atoms with Crippen molar-refractivity contribution in [3.8, 4) is 11.5 Å². The number of ether oxygens (including phenoxy) is 4. The summed E-state index contributed by atoms with van der Waals surface area (Å²) in [5.41, 5.74) is -1.20. The van der Waals surface area contributed by atoms with Crippen LogP contribution in [0.25, 0.3) is 0 Å². The molecule has 0 spiro atoms. The first-order chi connectivity index (χ1) is 20.4. The van der Waals surface area contributed by atoms with Gasteiger partial charge in [0, 0.05) is 26.2 Å². The Kier molecular flexibility index (Phi) is 9.72. The summed E-state index contributed by atoms with van der Waals surface area (Å²) in [6, 6.07) is 13.5. The van der Waals surface area contributed by atoms with E-state index in [1.165, 1.54) is 33.0 Å². The van der Waals surface area contributed by atoms with Crippen molar-refractivity contribution in [1.29, 1.82) is 0 Å². The summed E-state index contributed by atoms with van der Waals surface area (Å²) in [4.78, 5) is 27.7. The van der Waals surface area contributed by atoms with Crippen LogP contribution in [0.4, 0.5) is 4.39 Å². The SMILES string of the molecule is COC(=O)C(C)(C)n1nc(S(=O)(=O)N(Cc2ccc(OC)cc2)Cc2ccc(OC)cc2)c(F)c1C(=O)N1CCOCC1. The fraction of sp³-hybridized carbons (Fsp3) is 0.414. The van der Waals surface area contributed by atoms with Crippen molar-refractivity contribution in [1.82, 2.24) is 19.0 Å². The lowest BCUT2D eigenvalue weighted by molar-refractivity contribution is -0.150. The van der Waals surface area contributed by atoms with Gasteiger partial charge in [-0.05, 0) is 49.2 Å². The van der Waals surface area contributed by atoms with Crippen LogP contribution >= 0.6 is 0 Å². The molecule has 0 bridgehead atoms. The van der Waals surface area contributed by atoms with E-state index in [-0.39, 0.29) is 39.4 Å². The summed E-state index contributed by atoms with van der Waals surface area (Å²) in [7, 11) is -0.538. The van der Waals surface area contributed by atoms with Gasteiger partial charge in [0.2, 0.25) is 5.03 Å². The van der Waals surface area contributed by atoms with Gasteiger partial charge in [-0.25, -0.2) is 22.3 Å². The van der Waals surface area contributed by atoms with Crippen LogP contribution in [0.3, 0.4) is 0 Å². The Morgan fingerprint density at radius 1 is 0.930 bits per heavy atom. The average Bonchev–Trinajstić information content (AvgIpc) is 3.39. The van der Waals surface area contributed by atoms with E-state index in [1.807, 2.05) is 0 Å². The monoisotopic (exact) mass is 618 g/mol. The van der Waals surface area contributed by atoms with Crippen LogP contribution in [0.5, 0.6) is 11.5 Å². The van der Waals surface area contributed by atoms with Crippen LogP contribution in [0.1, 0.15) is 35.5 Å². The number of rotatable bonds is 11. The molecule has 43 heavy (non-hydrogen) atoms. The Hall–Kier alpha value is -4.01. The molecule has 0 N–H and O–H groups in total. The molecule has 0 aliphatic carbocycles. The molecule has 4 rings (SSSR count). The minimum Gasteiger partial charge on any atom is -0.497 e. The maximum Gasteiger partial charge on any atom is 0.333 e. The summed E-state index contributed by atoms with van der Waals surface area (Å²) in [5, 5.41) is 3.11. The molecule has 14 heteroatoms.